The van der Waals surface area contributed by atoms with Crippen LogP contribution >= 0.6 is 0 Å². The van der Waals surface area contributed by atoms with Gasteiger partial charge >= 0.3 is 5.97 Å². The molecule has 22 heavy (non-hydrogen) atoms. The van der Waals surface area contributed by atoms with Gasteiger partial charge < -0.3 is 10.8 Å². The molecule has 0 bridgehead atoms. The van der Waals surface area contributed by atoms with Gasteiger partial charge in [0.15, 0.2) is 0 Å². The van der Waals surface area contributed by atoms with Gasteiger partial charge in [0.2, 0.25) is 0 Å². The number of nitrogens with two attached hydrogens (primary N) is 1. The van der Waals surface area contributed by atoms with Crippen molar-refractivity contribution in [2.75, 3.05) is 0 Å². The van der Waals surface area contributed by atoms with Gasteiger partial charge in [0.1, 0.15) is 11.7 Å². The molecule has 2 aromatic carbocycles. The number of aryl methyl sites for hydroxylation is 1. The quantitative estimate of drug-likeness (QED) is 0.773. The molecule has 0 amide bonds. The summed E-state index contributed by atoms with van der Waals surface area (Å²) in [5.74, 6) is -0.986. The van der Waals surface area contributed by atoms with Crippen LogP contribution in [0.5, 0.6) is 0 Å². The molecule has 0 radical (unpaired) electrons. The molecular formula is C17H17N3O2. The lowest BCUT2D eigenvalue weighted by Crippen LogP contribution is -2.32. The number of para-hydroxylation sites is 1. The van der Waals surface area contributed by atoms with Crippen molar-refractivity contribution >= 4 is 16.9 Å². The first-order valence-corrected chi connectivity index (χ1v) is 7.05. The second kappa shape index (κ2) is 5.61. The van der Waals surface area contributed by atoms with Crippen molar-refractivity contribution in [3.05, 3.63) is 54.1 Å². The van der Waals surface area contributed by atoms with E-state index in [-0.39, 0.29) is 0 Å². The van der Waals surface area contributed by atoms with Crippen molar-refractivity contribution in [1.82, 2.24) is 9.78 Å². The first-order chi connectivity index (χ1) is 10.6. The fraction of sp³-hybridized carbons (Fsp3) is 0.176. The summed E-state index contributed by atoms with van der Waals surface area (Å²) in [6, 6.07) is 14.9. The van der Waals surface area contributed by atoms with Crippen LogP contribution in [0, 0.1) is 0 Å². The van der Waals surface area contributed by atoms with Crippen LogP contribution in [-0.2, 0) is 18.3 Å². The zero-order valence-corrected chi connectivity index (χ0v) is 12.2. The lowest BCUT2D eigenvalue weighted by molar-refractivity contribution is -0.138. The number of nitrogens with zero attached hydrogens (tertiary/aromatic N) is 2. The number of hydrogen-bond donors (Lipinski definition) is 2. The van der Waals surface area contributed by atoms with Crippen LogP contribution < -0.4 is 5.73 Å². The van der Waals surface area contributed by atoms with E-state index in [1.54, 1.807) is 0 Å². The molecule has 0 fully saturated rings. The minimum Gasteiger partial charge on any atom is -0.480 e. The third-order valence-corrected chi connectivity index (χ3v) is 3.76. The van der Waals surface area contributed by atoms with Gasteiger partial charge in [0.25, 0.3) is 0 Å². The van der Waals surface area contributed by atoms with Crippen molar-refractivity contribution in [2.24, 2.45) is 12.8 Å². The van der Waals surface area contributed by atoms with Gasteiger partial charge in [-0.05, 0) is 18.1 Å². The molecule has 3 aromatic rings. The van der Waals surface area contributed by atoms with Crippen molar-refractivity contribution < 1.29 is 9.90 Å². The van der Waals surface area contributed by atoms with E-state index in [1.165, 1.54) is 0 Å². The predicted octanol–water partition coefficient (Wildman–Crippen LogP) is 2.19. The molecule has 0 spiro atoms. The molecule has 1 atom stereocenters. The van der Waals surface area contributed by atoms with Gasteiger partial charge in [0.05, 0.1) is 5.52 Å². The molecule has 1 aromatic heterocycles. The first kappa shape index (κ1) is 14.3. The predicted molar refractivity (Wildman–Crippen MR) is 85.5 cm³/mol. The highest BCUT2D eigenvalue weighted by Crippen LogP contribution is 2.27. The van der Waals surface area contributed by atoms with Crippen LogP contribution in [0.2, 0.25) is 0 Å². The average molecular weight is 295 g/mol. The Hall–Kier alpha value is -2.66. The second-order valence-electron chi connectivity index (χ2n) is 5.34. The number of carboxylic acid groups (broad SMARTS) is 1. The lowest BCUT2D eigenvalue weighted by Gasteiger charge is -2.07. The number of carboxylic acids is 1. The normalized spacial score (nSPS) is 12.5. The van der Waals surface area contributed by atoms with Gasteiger partial charge in [-0.15, -0.1) is 0 Å². The molecule has 0 aliphatic rings. The van der Waals surface area contributed by atoms with E-state index in [0.717, 1.165) is 27.7 Å². The smallest absolute Gasteiger partial charge is 0.320 e. The van der Waals surface area contributed by atoms with E-state index in [2.05, 4.69) is 5.10 Å². The molecule has 5 heteroatoms. The van der Waals surface area contributed by atoms with Crippen molar-refractivity contribution in [2.45, 2.75) is 12.5 Å². The number of aliphatic carboxylic acids is 1. The van der Waals surface area contributed by atoms with Crippen LogP contribution in [0.15, 0.2) is 48.5 Å². The number of carbonyl (C=O) groups is 1. The van der Waals surface area contributed by atoms with Crippen molar-refractivity contribution in [1.29, 1.82) is 0 Å². The highest BCUT2D eigenvalue weighted by molar-refractivity contribution is 5.93. The summed E-state index contributed by atoms with van der Waals surface area (Å²) in [4.78, 5) is 10.8. The minimum absolute atomic E-state index is 0.318. The Morgan fingerprint density at radius 1 is 1.23 bits per heavy atom. The third kappa shape index (κ3) is 2.58. The molecule has 0 unspecified atom stereocenters. The van der Waals surface area contributed by atoms with Gasteiger partial charge in [0, 0.05) is 18.0 Å². The van der Waals surface area contributed by atoms with Gasteiger partial charge in [-0.2, -0.15) is 5.10 Å². The first-order valence-electron chi connectivity index (χ1n) is 7.05. The Morgan fingerprint density at radius 2 is 1.91 bits per heavy atom. The molecule has 0 saturated heterocycles. The minimum atomic E-state index is -0.986. The summed E-state index contributed by atoms with van der Waals surface area (Å²) >= 11 is 0. The molecule has 0 aliphatic carbocycles. The van der Waals surface area contributed by atoms with Gasteiger partial charge in [-0.3, -0.25) is 9.48 Å². The van der Waals surface area contributed by atoms with E-state index in [9.17, 15) is 4.79 Å². The number of benzene rings is 2. The largest absolute Gasteiger partial charge is 0.480 e. The Kier molecular flexibility index (Phi) is 3.65. The Balaban J connectivity index is 1.93. The monoisotopic (exact) mass is 295 g/mol. The van der Waals surface area contributed by atoms with Crippen LogP contribution in [0.1, 0.15) is 5.56 Å². The maximum Gasteiger partial charge on any atom is 0.320 e. The maximum atomic E-state index is 10.8. The molecule has 0 saturated carbocycles. The molecule has 1 heterocycles. The third-order valence-electron chi connectivity index (χ3n) is 3.76. The topological polar surface area (TPSA) is 81.1 Å². The van der Waals surface area contributed by atoms with Crippen LogP contribution in [0.3, 0.4) is 0 Å². The van der Waals surface area contributed by atoms with E-state index in [4.69, 9.17) is 10.8 Å². The van der Waals surface area contributed by atoms with Crippen LogP contribution in [-0.4, -0.2) is 26.9 Å². The molecular weight excluding hydrogens is 278 g/mol. The molecule has 0 aliphatic heterocycles. The fourth-order valence-corrected chi connectivity index (χ4v) is 2.57. The highest BCUT2D eigenvalue weighted by Gasteiger charge is 2.13. The number of hydrogen-bond acceptors (Lipinski definition) is 3. The summed E-state index contributed by atoms with van der Waals surface area (Å²) < 4.78 is 1.86. The molecule has 3 rings (SSSR count). The van der Waals surface area contributed by atoms with E-state index in [1.807, 2.05) is 60.3 Å². The summed E-state index contributed by atoms with van der Waals surface area (Å²) in [6.45, 7) is 0. The lowest BCUT2D eigenvalue weighted by atomic mass is 10.0. The van der Waals surface area contributed by atoms with Crippen molar-refractivity contribution in [3.8, 4) is 11.3 Å². The summed E-state index contributed by atoms with van der Waals surface area (Å²) in [5.41, 5.74) is 9.47. The average Bonchev–Trinajstić information content (AvgIpc) is 2.86. The second-order valence-corrected chi connectivity index (χ2v) is 5.34. The van der Waals surface area contributed by atoms with E-state index in [0.29, 0.717) is 6.42 Å². The molecule has 3 N–H and O–H groups in total. The zero-order valence-electron chi connectivity index (χ0n) is 12.2. The molecule has 5 nitrogen and oxygen atoms in total. The van der Waals surface area contributed by atoms with E-state index >= 15 is 0 Å². The zero-order chi connectivity index (χ0) is 15.7. The summed E-state index contributed by atoms with van der Waals surface area (Å²) in [5, 5.41) is 14.5. The highest BCUT2D eigenvalue weighted by atomic mass is 16.4. The number of fused-ring (bicyclic) bond motifs is 1. The maximum absolute atomic E-state index is 10.8. The fourth-order valence-electron chi connectivity index (χ4n) is 2.57. The van der Waals surface area contributed by atoms with Crippen molar-refractivity contribution in [3.63, 3.8) is 0 Å². The Bertz CT molecular complexity index is 822. The molecule has 112 valence electrons. The summed E-state index contributed by atoms with van der Waals surface area (Å²) in [7, 11) is 1.92. The standard InChI is InChI=1S/C17H17N3O2/c1-20-15-5-3-2-4-13(15)16(19-20)12-8-6-11(7-9-12)10-14(18)17(21)22/h2-9,14H,10,18H2,1H3,(H,21,22)/t14-/m0/s1. The number of aromatic nitrogens is 2. The SMILES string of the molecule is Cn1nc(-c2ccc(C[C@H](N)C(=O)O)cc2)c2ccccc21. The Morgan fingerprint density at radius 3 is 2.59 bits per heavy atom. The Labute approximate surface area is 128 Å². The van der Waals surface area contributed by atoms with Crippen LogP contribution in [0.4, 0.5) is 0 Å². The van der Waals surface area contributed by atoms with Crippen LogP contribution in [0.25, 0.3) is 22.2 Å². The number of rotatable bonds is 4. The van der Waals surface area contributed by atoms with E-state index < -0.39 is 12.0 Å². The summed E-state index contributed by atoms with van der Waals surface area (Å²) in [6.07, 6.45) is 0.318. The van der Waals surface area contributed by atoms with Gasteiger partial charge in [-0.25, -0.2) is 0 Å². The van der Waals surface area contributed by atoms with Gasteiger partial charge in [-0.1, -0.05) is 42.5 Å².